The van der Waals surface area contributed by atoms with Crippen LogP contribution >= 0.6 is 0 Å². The fraction of sp³-hybridized carbons (Fsp3) is 0.438. The van der Waals surface area contributed by atoms with Crippen LogP contribution in [0, 0.1) is 0 Å². The Morgan fingerprint density at radius 1 is 1.14 bits per heavy atom. The molecule has 0 saturated heterocycles. The van der Waals surface area contributed by atoms with E-state index in [9.17, 15) is 0 Å². The zero-order valence-corrected chi connectivity index (χ0v) is 13.5. The maximum Gasteiger partial charge on any atom is 0.203 e. The lowest BCUT2D eigenvalue weighted by molar-refractivity contribution is 0.321. The number of nitrogens with zero attached hydrogens (tertiary/aromatic N) is 2. The molecule has 0 aliphatic rings. The lowest BCUT2D eigenvalue weighted by atomic mass is 10.1. The van der Waals surface area contributed by atoms with Gasteiger partial charge in [-0.1, -0.05) is 6.07 Å². The van der Waals surface area contributed by atoms with Crippen molar-refractivity contribution in [3.8, 4) is 17.2 Å². The monoisotopic (exact) mass is 305 g/mol. The van der Waals surface area contributed by atoms with E-state index in [0.717, 1.165) is 12.1 Å². The van der Waals surface area contributed by atoms with Crippen LogP contribution in [0.25, 0.3) is 0 Å². The highest BCUT2D eigenvalue weighted by molar-refractivity contribution is 5.55. The van der Waals surface area contributed by atoms with Gasteiger partial charge in [0.1, 0.15) is 0 Å². The third kappa shape index (κ3) is 3.71. The van der Waals surface area contributed by atoms with Crippen LogP contribution in [0.2, 0.25) is 0 Å². The number of aromatic nitrogens is 2. The zero-order chi connectivity index (χ0) is 15.9. The average molecular weight is 305 g/mol. The summed E-state index contributed by atoms with van der Waals surface area (Å²) >= 11 is 0. The van der Waals surface area contributed by atoms with E-state index in [1.54, 1.807) is 27.5 Å². The van der Waals surface area contributed by atoms with Crippen molar-refractivity contribution in [3.05, 3.63) is 36.4 Å². The number of methoxy groups -OCH3 is 3. The summed E-state index contributed by atoms with van der Waals surface area (Å²) in [5, 5.41) is 3.48. The van der Waals surface area contributed by atoms with Crippen LogP contribution in [0.5, 0.6) is 17.2 Å². The highest BCUT2D eigenvalue weighted by Crippen LogP contribution is 2.39. The Kier molecular flexibility index (Phi) is 5.66. The lowest BCUT2D eigenvalue weighted by Gasteiger charge is -2.18. The summed E-state index contributed by atoms with van der Waals surface area (Å²) in [6.45, 7) is 3.67. The molecule has 2 aromatic rings. The number of ether oxygens (including phenoxy) is 3. The highest BCUT2D eigenvalue weighted by atomic mass is 16.5. The van der Waals surface area contributed by atoms with Crippen LogP contribution in [0.15, 0.2) is 30.9 Å². The molecule has 1 atom stereocenters. The predicted octanol–water partition coefficient (Wildman–Crippen LogP) is 2.09. The molecule has 1 aromatic carbocycles. The molecule has 0 radical (unpaired) electrons. The lowest BCUT2D eigenvalue weighted by Crippen LogP contribution is -2.29. The molecule has 0 bridgehead atoms. The van der Waals surface area contributed by atoms with Gasteiger partial charge in [-0.25, -0.2) is 4.98 Å². The molecule has 6 nitrogen and oxygen atoms in total. The van der Waals surface area contributed by atoms with E-state index < -0.39 is 0 Å². The molecule has 0 aliphatic carbocycles. The van der Waals surface area contributed by atoms with E-state index in [2.05, 4.69) is 17.2 Å². The molecule has 120 valence electrons. The first-order valence-corrected chi connectivity index (χ1v) is 7.16. The van der Waals surface area contributed by atoms with Crippen molar-refractivity contribution in [2.45, 2.75) is 26.1 Å². The molecule has 0 saturated carbocycles. The van der Waals surface area contributed by atoms with Gasteiger partial charge >= 0.3 is 0 Å². The Morgan fingerprint density at radius 2 is 1.91 bits per heavy atom. The molecule has 0 unspecified atom stereocenters. The molecular weight excluding hydrogens is 282 g/mol. The first-order valence-electron chi connectivity index (χ1n) is 7.16. The topological polar surface area (TPSA) is 57.5 Å². The van der Waals surface area contributed by atoms with Gasteiger partial charge in [0.15, 0.2) is 11.5 Å². The quantitative estimate of drug-likeness (QED) is 0.809. The number of imidazole rings is 1. The van der Waals surface area contributed by atoms with E-state index in [1.807, 2.05) is 29.2 Å². The number of hydrogen-bond donors (Lipinski definition) is 1. The molecule has 1 aromatic heterocycles. The fourth-order valence-corrected chi connectivity index (χ4v) is 2.36. The standard InChI is InChI=1S/C16H23N3O3/c1-12(10-19-8-7-17-11-19)18-9-13-5-6-14(20-2)16(22-4)15(13)21-3/h5-8,11-12,18H,9-10H2,1-4H3/t12-/m0/s1. The molecule has 2 rings (SSSR count). The largest absolute Gasteiger partial charge is 0.493 e. The highest BCUT2D eigenvalue weighted by Gasteiger charge is 2.16. The van der Waals surface area contributed by atoms with Crippen molar-refractivity contribution in [2.75, 3.05) is 21.3 Å². The second-order valence-corrected chi connectivity index (χ2v) is 5.03. The van der Waals surface area contributed by atoms with E-state index in [4.69, 9.17) is 14.2 Å². The third-order valence-electron chi connectivity index (χ3n) is 3.47. The molecule has 6 heteroatoms. The normalized spacial score (nSPS) is 12.0. The Labute approximate surface area is 131 Å². The van der Waals surface area contributed by atoms with E-state index in [0.29, 0.717) is 29.8 Å². The minimum absolute atomic E-state index is 0.298. The van der Waals surface area contributed by atoms with E-state index in [-0.39, 0.29) is 0 Å². The van der Waals surface area contributed by atoms with Crippen LogP contribution < -0.4 is 19.5 Å². The number of rotatable bonds is 8. The second kappa shape index (κ2) is 7.70. The summed E-state index contributed by atoms with van der Waals surface area (Å²) < 4.78 is 18.2. The van der Waals surface area contributed by atoms with Crippen LogP contribution in [-0.2, 0) is 13.1 Å². The molecule has 1 N–H and O–H groups in total. The Hall–Kier alpha value is -2.21. The van der Waals surface area contributed by atoms with E-state index in [1.165, 1.54) is 0 Å². The van der Waals surface area contributed by atoms with Gasteiger partial charge in [0.25, 0.3) is 0 Å². The van der Waals surface area contributed by atoms with Crippen LogP contribution in [0.1, 0.15) is 12.5 Å². The predicted molar refractivity (Wildman–Crippen MR) is 84.6 cm³/mol. The molecule has 0 spiro atoms. The summed E-state index contributed by atoms with van der Waals surface area (Å²) in [6.07, 6.45) is 5.55. The number of nitrogens with one attached hydrogen (secondary N) is 1. The summed E-state index contributed by atoms with van der Waals surface area (Å²) in [5.41, 5.74) is 1.03. The van der Waals surface area contributed by atoms with Gasteiger partial charge in [-0.15, -0.1) is 0 Å². The molecular formula is C16H23N3O3. The molecule has 0 fully saturated rings. The molecule has 22 heavy (non-hydrogen) atoms. The summed E-state index contributed by atoms with van der Waals surface area (Å²) in [6, 6.07) is 4.17. The SMILES string of the molecule is COc1ccc(CN[C@@H](C)Cn2ccnc2)c(OC)c1OC. The van der Waals surface area contributed by atoms with Gasteiger partial charge in [-0.3, -0.25) is 0 Å². The smallest absolute Gasteiger partial charge is 0.203 e. The van der Waals surface area contributed by atoms with Crippen molar-refractivity contribution in [2.24, 2.45) is 0 Å². The van der Waals surface area contributed by atoms with Gasteiger partial charge in [0, 0.05) is 37.1 Å². The Balaban J connectivity index is 2.05. The number of benzene rings is 1. The molecule has 0 aliphatic heterocycles. The maximum atomic E-state index is 5.49. The number of hydrogen-bond acceptors (Lipinski definition) is 5. The van der Waals surface area contributed by atoms with Crippen LogP contribution in [-0.4, -0.2) is 36.9 Å². The van der Waals surface area contributed by atoms with Gasteiger partial charge in [0.05, 0.1) is 27.7 Å². The minimum Gasteiger partial charge on any atom is -0.493 e. The second-order valence-electron chi connectivity index (χ2n) is 5.03. The maximum absolute atomic E-state index is 5.49. The zero-order valence-electron chi connectivity index (χ0n) is 13.5. The van der Waals surface area contributed by atoms with Gasteiger partial charge in [-0.05, 0) is 13.0 Å². The van der Waals surface area contributed by atoms with Gasteiger partial charge in [0.2, 0.25) is 5.75 Å². The first-order chi connectivity index (χ1) is 10.7. The minimum atomic E-state index is 0.298. The Morgan fingerprint density at radius 3 is 2.50 bits per heavy atom. The fourth-order valence-electron chi connectivity index (χ4n) is 2.36. The third-order valence-corrected chi connectivity index (χ3v) is 3.47. The van der Waals surface area contributed by atoms with Crippen molar-refractivity contribution in [3.63, 3.8) is 0 Å². The first kappa shape index (κ1) is 16.2. The average Bonchev–Trinajstić information content (AvgIpc) is 3.04. The summed E-state index contributed by atoms with van der Waals surface area (Å²) in [4.78, 5) is 4.05. The van der Waals surface area contributed by atoms with Crippen molar-refractivity contribution in [1.29, 1.82) is 0 Å². The van der Waals surface area contributed by atoms with Crippen LogP contribution in [0.3, 0.4) is 0 Å². The van der Waals surface area contributed by atoms with Crippen LogP contribution in [0.4, 0.5) is 0 Å². The molecule has 1 heterocycles. The van der Waals surface area contributed by atoms with Crippen molar-refractivity contribution >= 4 is 0 Å². The van der Waals surface area contributed by atoms with Gasteiger partial charge in [-0.2, -0.15) is 0 Å². The van der Waals surface area contributed by atoms with Gasteiger partial charge < -0.3 is 24.1 Å². The Bertz CT molecular complexity index is 585. The summed E-state index contributed by atoms with van der Waals surface area (Å²) in [5.74, 6) is 1.98. The van der Waals surface area contributed by atoms with Crippen molar-refractivity contribution in [1.82, 2.24) is 14.9 Å². The molecule has 0 amide bonds. The van der Waals surface area contributed by atoms with Crippen molar-refractivity contribution < 1.29 is 14.2 Å². The summed E-state index contributed by atoms with van der Waals surface area (Å²) in [7, 11) is 4.86. The van der Waals surface area contributed by atoms with E-state index >= 15 is 0 Å².